The SMILES string of the molecule is CCc1[nH]c(C(=O)OCCOc2ccc(S(=O)(=O)N(C)C)cc2)c(C)c1C(=O)OC. The molecule has 1 heterocycles. The van der Waals surface area contributed by atoms with E-state index >= 15 is 0 Å². The van der Waals surface area contributed by atoms with Crippen LogP contribution in [-0.2, 0) is 25.9 Å². The second-order valence-electron chi connectivity index (χ2n) is 6.57. The molecule has 0 aliphatic heterocycles. The molecular weight excluding hydrogens is 412 g/mol. The van der Waals surface area contributed by atoms with Gasteiger partial charge in [0.15, 0.2) is 0 Å². The fourth-order valence-electron chi connectivity index (χ4n) is 2.79. The average molecular weight is 439 g/mol. The Balaban J connectivity index is 1.94. The number of benzene rings is 1. The number of methoxy groups -OCH3 is 1. The summed E-state index contributed by atoms with van der Waals surface area (Å²) in [6, 6.07) is 5.95. The third-order valence-electron chi connectivity index (χ3n) is 4.46. The third kappa shape index (κ3) is 5.00. The Morgan fingerprint density at radius 1 is 1.07 bits per heavy atom. The summed E-state index contributed by atoms with van der Waals surface area (Å²) in [5.74, 6) is -0.669. The first kappa shape index (κ1) is 23.4. The summed E-state index contributed by atoms with van der Waals surface area (Å²) in [5, 5.41) is 0. The van der Waals surface area contributed by atoms with Gasteiger partial charge in [0.1, 0.15) is 24.7 Å². The van der Waals surface area contributed by atoms with E-state index in [9.17, 15) is 18.0 Å². The molecule has 0 saturated heterocycles. The summed E-state index contributed by atoms with van der Waals surface area (Å²) in [7, 11) is 0.691. The van der Waals surface area contributed by atoms with Crippen LogP contribution in [0.15, 0.2) is 29.2 Å². The molecule has 0 atom stereocenters. The zero-order valence-electron chi connectivity index (χ0n) is 17.6. The first-order valence-corrected chi connectivity index (χ1v) is 10.7. The van der Waals surface area contributed by atoms with Gasteiger partial charge in [0.2, 0.25) is 10.0 Å². The predicted molar refractivity (Wildman–Crippen MR) is 109 cm³/mol. The van der Waals surface area contributed by atoms with Crippen LogP contribution in [0.1, 0.15) is 39.0 Å². The molecule has 0 radical (unpaired) electrons. The average Bonchev–Trinajstić information content (AvgIpc) is 3.07. The van der Waals surface area contributed by atoms with Crippen LogP contribution in [0, 0.1) is 6.92 Å². The van der Waals surface area contributed by atoms with Crippen molar-refractivity contribution in [3.05, 3.63) is 46.8 Å². The molecule has 0 amide bonds. The number of esters is 2. The van der Waals surface area contributed by atoms with E-state index in [1.165, 1.54) is 45.5 Å². The van der Waals surface area contributed by atoms with E-state index in [0.29, 0.717) is 29.0 Å². The molecule has 9 nitrogen and oxygen atoms in total. The van der Waals surface area contributed by atoms with Crippen molar-refractivity contribution in [3.8, 4) is 5.75 Å². The zero-order valence-corrected chi connectivity index (χ0v) is 18.5. The Morgan fingerprint density at radius 3 is 2.23 bits per heavy atom. The Morgan fingerprint density at radius 2 is 1.70 bits per heavy atom. The minimum absolute atomic E-state index is 0.0238. The van der Waals surface area contributed by atoms with Crippen LogP contribution in [0.4, 0.5) is 0 Å². The standard InChI is InChI=1S/C20H26N2O7S/c1-6-16-17(19(23)27-5)13(2)18(21-16)20(24)29-12-11-28-14-7-9-15(10-8-14)30(25,26)22(3)4/h7-10,21H,6,11-12H2,1-5H3. The highest BCUT2D eigenvalue weighted by Gasteiger charge is 2.24. The number of nitrogens with zero attached hydrogens (tertiary/aromatic N) is 1. The number of H-pyrrole nitrogens is 1. The van der Waals surface area contributed by atoms with Gasteiger partial charge in [-0.3, -0.25) is 0 Å². The van der Waals surface area contributed by atoms with Crippen LogP contribution in [-0.4, -0.2) is 64.1 Å². The Bertz CT molecular complexity index is 1010. The molecule has 0 aliphatic carbocycles. The van der Waals surface area contributed by atoms with Crippen molar-refractivity contribution >= 4 is 22.0 Å². The topological polar surface area (TPSA) is 115 Å². The van der Waals surface area contributed by atoms with Crippen molar-refractivity contribution in [2.75, 3.05) is 34.4 Å². The fraction of sp³-hybridized carbons (Fsp3) is 0.400. The Labute approximate surface area is 176 Å². The molecule has 164 valence electrons. The molecule has 0 bridgehead atoms. The lowest BCUT2D eigenvalue weighted by atomic mass is 10.1. The summed E-state index contributed by atoms with van der Waals surface area (Å²) < 4.78 is 40.7. The molecule has 30 heavy (non-hydrogen) atoms. The minimum Gasteiger partial charge on any atom is -0.490 e. The lowest BCUT2D eigenvalue weighted by molar-refractivity contribution is 0.0443. The molecule has 2 rings (SSSR count). The molecule has 0 saturated carbocycles. The van der Waals surface area contributed by atoms with Gasteiger partial charge >= 0.3 is 11.9 Å². The maximum absolute atomic E-state index is 12.4. The number of rotatable bonds is 9. The highest BCUT2D eigenvalue weighted by molar-refractivity contribution is 7.89. The van der Waals surface area contributed by atoms with Gasteiger partial charge in [-0.1, -0.05) is 6.92 Å². The molecule has 2 aromatic rings. The van der Waals surface area contributed by atoms with Gasteiger partial charge in [-0.25, -0.2) is 22.3 Å². The third-order valence-corrected chi connectivity index (χ3v) is 6.29. The highest BCUT2D eigenvalue weighted by Crippen LogP contribution is 2.21. The molecule has 1 N–H and O–H groups in total. The van der Waals surface area contributed by atoms with Gasteiger partial charge in [0.25, 0.3) is 0 Å². The Hall–Kier alpha value is -2.85. The molecule has 1 aromatic carbocycles. The molecule has 10 heteroatoms. The van der Waals surface area contributed by atoms with E-state index in [1.807, 2.05) is 6.92 Å². The predicted octanol–water partition coefficient (Wildman–Crippen LogP) is 2.16. The van der Waals surface area contributed by atoms with Crippen molar-refractivity contribution in [1.29, 1.82) is 0 Å². The number of aromatic nitrogens is 1. The van der Waals surface area contributed by atoms with Gasteiger partial charge in [-0.2, -0.15) is 0 Å². The smallest absolute Gasteiger partial charge is 0.355 e. The van der Waals surface area contributed by atoms with Gasteiger partial charge < -0.3 is 19.2 Å². The lowest BCUT2D eigenvalue weighted by Crippen LogP contribution is -2.22. The largest absolute Gasteiger partial charge is 0.490 e. The maximum atomic E-state index is 12.4. The molecule has 0 aliphatic rings. The van der Waals surface area contributed by atoms with E-state index < -0.39 is 22.0 Å². The summed E-state index contributed by atoms with van der Waals surface area (Å²) in [5.41, 5.74) is 1.62. The Kier molecular flexibility index (Phi) is 7.63. The summed E-state index contributed by atoms with van der Waals surface area (Å²) in [6.07, 6.45) is 0.529. The fourth-order valence-corrected chi connectivity index (χ4v) is 3.69. The van der Waals surface area contributed by atoms with Crippen molar-refractivity contribution in [1.82, 2.24) is 9.29 Å². The quantitative estimate of drug-likeness (QED) is 0.471. The summed E-state index contributed by atoms with van der Waals surface area (Å²) >= 11 is 0. The number of sulfonamides is 1. The number of aromatic amines is 1. The monoisotopic (exact) mass is 438 g/mol. The zero-order chi connectivity index (χ0) is 22.5. The number of nitrogens with one attached hydrogen (secondary N) is 1. The van der Waals surface area contributed by atoms with Crippen LogP contribution < -0.4 is 4.74 Å². The van der Waals surface area contributed by atoms with Gasteiger partial charge in [0.05, 0.1) is 17.6 Å². The second-order valence-corrected chi connectivity index (χ2v) is 8.72. The van der Waals surface area contributed by atoms with Crippen LogP contribution in [0.3, 0.4) is 0 Å². The van der Waals surface area contributed by atoms with E-state index in [2.05, 4.69) is 4.98 Å². The number of carbonyl (C=O) groups excluding carboxylic acids is 2. The van der Waals surface area contributed by atoms with Crippen molar-refractivity contribution in [2.24, 2.45) is 0 Å². The van der Waals surface area contributed by atoms with Gasteiger partial charge in [0, 0.05) is 19.8 Å². The summed E-state index contributed by atoms with van der Waals surface area (Å²) in [6.45, 7) is 3.56. The van der Waals surface area contributed by atoms with Gasteiger partial charge in [-0.05, 0) is 43.2 Å². The molecule has 0 fully saturated rings. The van der Waals surface area contributed by atoms with Crippen LogP contribution in [0.5, 0.6) is 5.75 Å². The number of carbonyl (C=O) groups is 2. The van der Waals surface area contributed by atoms with E-state index in [4.69, 9.17) is 14.2 Å². The molecule has 0 spiro atoms. The molecular formula is C20H26N2O7S. The van der Waals surface area contributed by atoms with E-state index in [-0.39, 0.29) is 23.8 Å². The van der Waals surface area contributed by atoms with Crippen LogP contribution >= 0.6 is 0 Å². The summed E-state index contributed by atoms with van der Waals surface area (Å²) in [4.78, 5) is 27.4. The first-order chi connectivity index (χ1) is 14.1. The van der Waals surface area contributed by atoms with E-state index in [1.54, 1.807) is 6.92 Å². The van der Waals surface area contributed by atoms with Crippen molar-refractivity contribution in [2.45, 2.75) is 25.2 Å². The van der Waals surface area contributed by atoms with Gasteiger partial charge in [-0.15, -0.1) is 0 Å². The van der Waals surface area contributed by atoms with Crippen molar-refractivity contribution in [3.63, 3.8) is 0 Å². The number of aryl methyl sites for hydroxylation is 1. The maximum Gasteiger partial charge on any atom is 0.355 e. The number of hydrogen-bond acceptors (Lipinski definition) is 7. The van der Waals surface area contributed by atoms with Crippen LogP contribution in [0.2, 0.25) is 0 Å². The highest BCUT2D eigenvalue weighted by atomic mass is 32.2. The number of ether oxygens (including phenoxy) is 3. The minimum atomic E-state index is -3.50. The van der Waals surface area contributed by atoms with Crippen LogP contribution in [0.25, 0.3) is 0 Å². The van der Waals surface area contributed by atoms with E-state index in [0.717, 1.165) is 4.31 Å². The van der Waals surface area contributed by atoms with Crippen molar-refractivity contribution < 1.29 is 32.2 Å². The normalized spacial score (nSPS) is 11.4. The first-order valence-electron chi connectivity index (χ1n) is 9.25. The molecule has 1 aromatic heterocycles. The number of hydrogen-bond donors (Lipinski definition) is 1. The second kappa shape index (κ2) is 9.77. The lowest BCUT2D eigenvalue weighted by Gasteiger charge is -2.12. The molecule has 0 unspecified atom stereocenters.